The number of aromatic nitrogens is 1. The molecule has 2 rings (SSSR count). The molecule has 0 saturated carbocycles. The first kappa shape index (κ1) is 13.4. The van der Waals surface area contributed by atoms with Crippen molar-refractivity contribution >= 4 is 11.9 Å². The van der Waals surface area contributed by atoms with E-state index < -0.39 is 24.0 Å². The van der Waals surface area contributed by atoms with Gasteiger partial charge in [-0.2, -0.15) is 0 Å². The van der Waals surface area contributed by atoms with Gasteiger partial charge in [-0.3, -0.25) is 9.78 Å². The fraction of sp³-hybridized carbons (Fsp3) is 0.417. The number of hydrogen-bond acceptors (Lipinski definition) is 5. The van der Waals surface area contributed by atoms with Gasteiger partial charge < -0.3 is 20.8 Å². The SMILES string of the molecule is NCc1cc(C(=O)N2CC(O)CC2C(=O)O)ccn1. The maximum absolute atomic E-state index is 12.3. The fourth-order valence-electron chi connectivity index (χ4n) is 2.16. The van der Waals surface area contributed by atoms with Gasteiger partial charge in [-0.05, 0) is 12.1 Å². The quantitative estimate of drug-likeness (QED) is 0.658. The van der Waals surface area contributed by atoms with Crippen LogP contribution in [0.5, 0.6) is 0 Å². The Morgan fingerprint density at radius 3 is 2.89 bits per heavy atom. The number of nitrogens with zero attached hydrogens (tertiary/aromatic N) is 2. The number of carboxylic acids is 1. The summed E-state index contributed by atoms with van der Waals surface area (Å²) in [5.41, 5.74) is 6.33. The second-order valence-electron chi connectivity index (χ2n) is 4.44. The summed E-state index contributed by atoms with van der Waals surface area (Å²) in [6.07, 6.45) is 0.703. The Kier molecular flexibility index (Phi) is 3.77. The van der Waals surface area contributed by atoms with Gasteiger partial charge >= 0.3 is 5.97 Å². The largest absolute Gasteiger partial charge is 0.480 e. The van der Waals surface area contributed by atoms with E-state index in [2.05, 4.69) is 4.98 Å². The maximum atomic E-state index is 12.3. The molecule has 4 N–H and O–H groups in total. The van der Waals surface area contributed by atoms with E-state index in [1.165, 1.54) is 23.2 Å². The summed E-state index contributed by atoms with van der Waals surface area (Å²) in [6.45, 7) is 0.224. The number of carbonyl (C=O) groups is 2. The Morgan fingerprint density at radius 2 is 2.26 bits per heavy atom. The lowest BCUT2D eigenvalue weighted by Crippen LogP contribution is -2.40. The molecule has 1 saturated heterocycles. The molecule has 1 fully saturated rings. The van der Waals surface area contributed by atoms with E-state index >= 15 is 0 Å². The molecule has 0 spiro atoms. The molecule has 1 aromatic rings. The number of pyridine rings is 1. The number of carboxylic acid groups (broad SMARTS) is 1. The standard InChI is InChI=1S/C12H15N3O4/c13-5-8-3-7(1-2-14-8)11(17)15-6-9(16)4-10(15)12(18)19/h1-3,9-10,16H,4-6,13H2,(H,18,19). The predicted octanol–water partition coefficient (Wildman–Crippen LogP) is -0.800. The Hall–Kier alpha value is -1.99. The van der Waals surface area contributed by atoms with Crippen molar-refractivity contribution in [3.05, 3.63) is 29.6 Å². The Balaban J connectivity index is 2.24. The molecule has 7 heteroatoms. The number of hydrogen-bond donors (Lipinski definition) is 3. The van der Waals surface area contributed by atoms with E-state index in [9.17, 15) is 14.7 Å². The van der Waals surface area contributed by atoms with Crippen LogP contribution in [0.3, 0.4) is 0 Å². The molecular weight excluding hydrogens is 250 g/mol. The van der Waals surface area contributed by atoms with Gasteiger partial charge in [-0.1, -0.05) is 0 Å². The number of rotatable bonds is 3. The number of aliphatic carboxylic acids is 1. The molecule has 0 aromatic carbocycles. The van der Waals surface area contributed by atoms with E-state index in [4.69, 9.17) is 10.8 Å². The lowest BCUT2D eigenvalue weighted by molar-refractivity contribution is -0.141. The van der Waals surface area contributed by atoms with Gasteiger partial charge in [0.2, 0.25) is 0 Å². The normalized spacial score (nSPS) is 22.5. The van der Waals surface area contributed by atoms with Crippen molar-refractivity contribution in [2.24, 2.45) is 5.73 Å². The van der Waals surface area contributed by atoms with E-state index in [0.29, 0.717) is 11.3 Å². The van der Waals surface area contributed by atoms with Crippen molar-refractivity contribution in [3.8, 4) is 0 Å². The molecule has 2 heterocycles. The minimum atomic E-state index is -1.11. The molecule has 2 unspecified atom stereocenters. The number of nitrogens with two attached hydrogens (primary N) is 1. The van der Waals surface area contributed by atoms with Gasteiger partial charge in [-0.25, -0.2) is 4.79 Å². The molecule has 102 valence electrons. The minimum absolute atomic E-state index is 0.0239. The van der Waals surface area contributed by atoms with Crippen LogP contribution < -0.4 is 5.73 Å². The van der Waals surface area contributed by atoms with Crippen molar-refractivity contribution in [2.75, 3.05) is 6.54 Å². The third kappa shape index (κ3) is 2.72. The van der Waals surface area contributed by atoms with Gasteiger partial charge in [0.1, 0.15) is 6.04 Å². The van der Waals surface area contributed by atoms with Crippen molar-refractivity contribution in [1.82, 2.24) is 9.88 Å². The van der Waals surface area contributed by atoms with Crippen molar-refractivity contribution in [3.63, 3.8) is 0 Å². The maximum Gasteiger partial charge on any atom is 0.326 e. The van der Waals surface area contributed by atoms with Crippen LogP contribution in [0.25, 0.3) is 0 Å². The number of aliphatic hydroxyl groups excluding tert-OH is 1. The van der Waals surface area contributed by atoms with Crippen molar-refractivity contribution in [1.29, 1.82) is 0 Å². The van der Waals surface area contributed by atoms with Gasteiger partial charge in [0.25, 0.3) is 5.91 Å². The summed E-state index contributed by atoms with van der Waals surface area (Å²) >= 11 is 0. The Bertz CT molecular complexity index is 506. The summed E-state index contributed by atoms with van der Waals surface area (Å²) in [5, 5.41) is 18.6. The summed E-state index contributed by atoms with van der Waals surface area (Å²) in [7, 11) is 0. The average Bonchev–Trinajstić information content (AvgIpc) is 2.80. The second-order valence-corrected chi connectivity index (χ2v) is 4.44. The monoisotopic (exact) mass is 265 g/mol. The van der Waals surface area contributed by atoms with Crippen LogP contribution in [-0.4, -0.2) is 50.7 Å². The van der Waals surface area contributed by atoms with E-state index in [1.807, 2.05) is 0 Å². The topological polar surface area (TPSA) is 117 Å². The van der Waals surface area contributed by atoms with Crippen LogP contribution >= 0.6 is 0 Å². The molecule has 2 atom stereocenters. The Labute approximate surface area is 109 Å². The lowest BCUT2D eigenvalue weighted by atomic mass is 10.1. The first-order valence-corrected chi connectivity index (χ1v) is 5.89. The van der Waals surface area contributed by atoms with Crippen molar-refractivity contribution in [2.45, 2.75) is 25.1 Å². The number of carbonyl (C=O) groups excluding carboxylic acids is 1. The molecule has 7 nitrogen and oxygen atoms in total. The zero-order chi connectivity index (χ0) is 14.0. The van der Waals surface area contributed by atoms with Crippen LogP contribution in [0, 0.1) is 0 Å². The van der Waals surface area contributed by atoms with E-state index in [-0.39, 0.29) is 19.5 Å². The zero-order valence-corrected chi connectivity index (χ0v) is 10.2. The summed E-state index contributed by atoms with van der Waals surface area (Å²) in [4.78, 5) is 28.5. The highest BCUT2D eigenvalue weighted by Gasteiger charge is 2.39. The molecule has 1 aliphatic rings. The Morgan fingerprint density at radius 1 is 1.53 bits per heavy atom. The summed E-state index contributed by atoms with van der Waals surface area (Å²) in [6, 6.07) is 2.05. The molecule has 0 radical (unpaired) electrons. The first-order chi connectivity index (χ1) is 9.02. The third-order valence-corrected chi connectivity index (χ3v) is 3.10. The molecule has 19 heavy (non-hydrogen) atoms. The molecule has 0 aliphatic carbocycles. The summed E-state index contributed by atoms with van der Waals surface area (Å²) < 4.78 is 0. The average molecular weight is 265 g/mol. The smallest absolute Gasteiger partial charge is 0.326 e. The zero-order valence-electron chi connectivity index (χ0n) is 10.2. The number of aliphatic hydroxyl groups is 1. The van der Waals surface area contributed by atoms with Gasteiger partial charge in [0, 0.05) is 31.3 Å². The fourth-order valence-corrected chi connectivity index (χ4v) is 2.16. The highest BCUT2D eigenvalue weighted by atomic mass is 16.4. The summed E-state index contributed by atoms with van der Waals surface area (Å²) in [5.74, 6) is -1.54. The molecule has 1 aromatic heterocycles. The first-order valence-electron chi connectivity index (χ1n) is 5.89. The molecular formula is C12H15N3O4. The van der Waals surface area contributed by atoms with Crippen LogP contribution in [-0.2, 0) is 11.3 Å². The van der Waals surface area contributed by atoms with Crippen LogP contribution in [0.2, 0.25) is 0 Å². The molecule has 0 bridgehead atoms. The number of likely N-dealkylation sites (tertiary alicyclic amines) is 1. The third-order valence-electron chi connectivity index (χ3n) is 3.10. The highest BCUT2D eigenvalue weighted by Crippen LogP contribution is 2.21. The molecule has 1 aliphatic heterocycles. The number of β-amino-alcohol motifs (C(OH)–C–C–N with tert-alkyl or cyclic N) is 1. The number of amides is 1. The highest BCUT2D eigenvalue weighted by molar-refractivity contribution is 5.97. The van der Waals surface area contributed by atoms with E-state index in [1.54, 1.807) is 0 Å². The van der Waals surface area contributed by atoms with E-state index in [0.717, 1.165) is 0 Å². The predicted molar refractivity (Wildman–Crippen MR) is 65.2 cm³/mol. The van der Waals surface area contributed by atoms with Crippen LogP contribution in [0.4, 0.5) is 0 Å². The van der Waals surface area contributed by atoms with Gasteiger partial charge in [0.05, 0.1) is 11.8 Å². The van der Waals surface area contributed by atoms with Gasteiger partial charge in [0.15, 0.2) is 0 Å². The second kappa shape index (κ2) is 5.33. The molecule has 1 amide bonds. The van der Waals surface area contributed by atoms with Crippen molar-refractivity contribution < 1.29 is 19.8 Å². The van der Waals surface area contributed by atoms with Crippen LogP contribution in [0.15, 0.2) is 18.3 Å². The lowest BCUT2D eigenvalue weighted by Gasteiger charge is -2.21. The van der Waals surface area contributed by atoms with Gasteiger partial charge in [-0.15, -0.1) is 0 Å². The van der Waals surface area contributed by atoms with Crippen LogP contribution in [0.1, 0.15) is 22.5 Å². The minimum Gasteiger partial charge on any atom is -0.480 e.